The lowest BCUT2D eigenvalue weighted by Crippen LogP contribution is -2.53. The van der Waals surface area contributed by atoms with E-state index in [-0.39, 0.29) is 47.7 Å². The fraction of sp³-hybridized carbons (Fsp3) is 0.730. The number of hydrogen-bond donors (Lipinski definition) is 6. The number of allylic oxidation sites excluding steroid dienone is 1. The average Bonchev–Trinajstić information content (AvgIpc) is 3.77. The van der Waals surface area contributed by atoms with Crippen LogP contribution in [0, 0.1) is 16.7 Å². The Labute approximate surface area is 309 Å². The predicted molar refractivity (Wildman–Crippen MR) is 192 cm³/mol. The number of nitrogens with one attached hydrogen (secondary N) is 4. The third kappa shape index (κ3) is 7.48. The molecule has 52 heavy (non-hydrogen) atoms. The van der Waals surface area contributed by atoms with E-state index in [0.29, 0.717) is 82.4 Å². The van der Waals surface area contributed by atoms with Gasteiger partial charge in [-0.1, -0.05) is 13.3 Å². The molecule has 6 N–H and O–H groups in total. The molecule has 3 aliphatic carbocycles. The molecule has 3 aliphatic heterocycles. The number of aliphatic hydroxyl groups excluding tert-OH is 2. The molecule has 6 rings (SSSR count). The fourth-order valence-corrected chi connectivity index (χ4v) is 10.7. The lowest BCUT2D eigenvalue weighted by Gasteiger charge is -2.52. The molecule has 1 unspecified atom stereocenters. The Morgan fingerprint density at radius 3 is 2.62 bits per heavy atom. The summed E-state index contributed by atoms with van der Waals surface area (Å²) in [5.74, 6) is -0.817. The molecule has 1 saturated carbocycles. The van der Waals surface area contributed by atoms with Crippen LogP contribution >= 0.6 is 11.8 Å². The number of aliphatic hydroxyl groups is 2. The van der Waals surface area contributed by atoms with E-state index in [9.17, 15) is 29.4 Å². The normalized spacial score (nSPS) is 34.4. The van der Waals surface area contributed by atoms with E-state index in [1.165, 1.54) is 13.3 Å². The maximum Gasteiger partial charge on any atom is 0.340 e. The van der Waals surface area contributed by atoms with E-state index in [0.717, 1.165) is 30.6 Å². The molecule has 0 aromatic heterocycles. The third-order valence-electron chi connectivity index (χ3n) is 12.1. The van der Waals surface area contributed by atoms with Gasteiger partial charge in [-0.05, 0) is 56.9 Å². The van der Waals surface area contributed by atoms with Crippen LogP contribution in [0.15, 0.2) is 34.3 Å². The van der Waals surface area contributed by atoms with Crippen LogP contribution in [0.3, 0.4) is 0 Å². The molecular formula is C37H54N4O10S. The number of carbonyl (C=O) groups excluding carboxylic acids is 4. The van der Waals surface area contributed by atoms with Crippen LogP contribution in [0.2, 0.25) is 0 Å². The minimum Gasteiger partial charge on any atom is -0.504 e. The fourth-order valence-electron chi connectivity index (χ4n) is 9.15. The van der Waals surface area contributed by atoms with Crippen LogP contribution in [-0.2, 0) is 33.3 Å². The minimum atomic E-state index is -0.972. The van der Waals surface area contributed by atoms with E-state index in [1.54, 1.807) is 0 Å². The number of ether oxygens (including phenoxy) is 4. The van der Waals surface area contributed by atoms with Crippen molar-refractivity contribution in [3.8, 4) is 0 Å². The van der Waals surface area contributed by atoms with Crippen molar-refractivity contribution >= 4 is 35.5 Å². The second-order valence-corrected chi connectivity index (χ2v) is 16.4. The number of thioether (sulfide) groups is 1. The maximum atomic E-state index is 13.8. The van der Waals surface area contributed by atoms with E-state index in [1.807, 2.05) is 25.6 Å². The van der Waals surface area contributed by atoms with Gasteiger partial charge in [-0.25, -0.2) is 9.59 Å². The summed E-state index contributed by atoms with van der Waals surface area (Å²) in [4.78, 5) is 50.8. The lowest BCUT2D eigenvalue weighted by atomic mass is 9.54. The maximum absolute atomic E-state index is 13.8. The molecule has 0 bridgehead atoms. The standard InChI is InChI=1S/C37H54N4O10S/c1-36-11-10-23-29(22(36)8-9-26(36)42)32(44)33(45)30-21(34(46)51-27(19-48-3)37(23,30)2)18-38-12-14-49-16-17-50-15-13-39-28(43)7-5-4-6-25-31-24(20-52-25)40-35(47)41-31/h18,22,24-27,31,38,42,45H,4-17,19-20H2,1-3H3,(H,39,43)(H2,40,41,47)/b21-18-/t22?,24-,25-,26+,27-,31-,36+,37+/m1/s1. The van der Waals surface area contributed by atoms with E-state index < -0.39 is 40.5 Å². The van der Waals surface area contributed by atoms with Crippen molar-refractivity contribution < 1.29 is 48.3 Å². The minimum absolute atomic E-state index is 0.00145. The van der Waals surface area contributed by atoms with Gasteiger partial charge < -0.3 is 50.4 Å². The summed E-state index contributed by atoms with van der Waals surface area (Å²) < 4.78 is 22.6. The Bertz CT molecular complexity index is 1500. The molecule has 6 aliphatic rings. The van der Waals surface area contributed by atoms with Crippen molar-refractivity contribution in [1.82, 2.24) is 21.3 Å². The summed E-state index contributed by atoms with van der Waals surface area (Å²) in [5.41, 5.74) is 0.353. The van der Waals surface area contributed by atoms with Crippen LogP contribution in [0.5, 0.6) is 0 Å². The van der Waals surface area contributed by atoms with Crippen molar-refractivity contribution in [3.05, 3.63) is 34.3 Å². The number of amides is 3. The molecular weight excluding hydrogens is 692 g/mol. The monoisotopic (exact) mass is 746 g/mol. The van der Waals surface area contributed by atoms with Crippen molar-refractivity contribution in [2.75, 3.05) is 59.0 Å². The van der Waals surface area contributed by atoms with Crippen molar-refractivity contribution in [1.29, 1.82) is 0 Å². The first-order chi connectivity index (χ1) is 25.0. The van der Waals surface area contributed by atoms with Crippen LogP contribution in [0.25, 0.3) is 0 Å². The molecule has 0 aromatic rings. The number of rotatable bonds is 17. The van der Waals surface area contributed by atoms with Crippen LogP contribution in [0.4, 0.5) is 4.79 Å². The highest BCUT2D eigenvalue weighted by atomic mass is 32.2. The van der Waals surface area contributed by atoms with Gasteiger partial charge in [-0.15, -0.1) is 0 Å². The number of carbonyl (C=O) groups is 4. The van der Waals surface area contributed by atoms with Gasteiger partial charge in [0, 0.05) is 60.4 Å². The highest BCUT2D eigenvalue weighted by molar-refractivity contribution is 8.00. The number of urea groups is 1. The molecule has 0 spiro atoms. The topological polar surface area (TPSA) is 194 Å². The van der Waals surface area contributed by atoms with Gasteiger partial charge >= 0.3 is 12.0 Å². The average molecular weight is 747 g/mol. The second-order valence-electron chi connectivity index (χ2n) is 15.1. The summed E-state index contributed by atoms with van der Waals surface area (Å²) in [6.45, 7) is 6.18. The van der Waals surface area contributed by atoms with E-state index in [4.69, 9.17) is 18.9 Å². The number of methoxy groups -OCH3 is 1. The zero-order chi connectivity index (χ0) is 37.0. The lowest BCUT2D eigenvalue weighted by molar-refractivity contribution is -0.156. The summed E-state index contributed by atoms with van der Waals surface area (Å²) in [5, 5.41) is 34.6. The summed E-state index contributed by atoms with van der Waals surface area (Å²) >= 11 is 1.88. The largest absolute Gasteiger partial charge is 0.504 e. The first kappa shape index (κ1) is 38.6. The van der Waals surface area contributed by atoms with E-state index >= 15 is 0 Å². The van der Waals surface area contributed by atoms with Crippen molar-refractivity contribution in [2.24, 2.45) is 16.7 Å². The predicted octanol–water partition coefficient (Wildman–Crippen LogP) is 2.18. The van der Waals surface area contributed by atoms with Crippen LogP contribution < -0.4 is 21.3 Å². The number of unbranched alkanes of at least 4 members (excludes halogenated alkanes) is 1. The number of ketones is 1. The first-order valence-corrected chi connectivity index (χ1v) is 19.7. The molecule has 288 valence electrons. The van der Waals surface area contributed by atoms with Crippen molar-refractivity contribution in [3.63, 3.8) is 0 Å². The molecule has 0 aromatic carbocycles. The Morgan fingerprint density at radius 1 is 1.08 bits per heavy atom. The second kappa shape index (κ2) is 16.5. The van der Waals surface area contributed by atoms with Gasteiger partial charge in [0.15, 0.2) is 5.76 Å². The highest BCUT2D eigenvalue weighted by Crippen LogP contribution is 2.62. The molecule has 15 heteroatoms. The van der Waals surface area contributed by atoms with Gasteiger partial charge in [-0.2, -0.15) is 11.8 Å². The van der Waals surface area contributed by atoms with Gasteiger partial charge in [0.25, 0.3) is 0 Å². The third-order valence-corrected chi connectivity index (χ3v) is 13.6. The Balaban J connectivity index is 0.901. The molecule has 3 amide bonds. The summed E-state index contributed by atoms with van der Waals surface area (Å²) in [6.07, 6.45) is 5.91. The zero-order valence-electron chi connectivity index (χ0n) is 30.4. The zero-order valence-corrected chi connectivity index (χ0v) is 31.2. The summed E-state index contributed by atoms with van der Waals surface area (Å²) in [7, 11) is 1.53. The van der Waals surface area contributed by atoms with Gasteiger partial charge in [0.05, 0.1) is 62.2 Å². The highest BCUT2D eigenvalue weighted by Gasteiger charge is 2.61. The van der Waals surface area contributed by atoms with Gasteiger partial charge in [0.1, 0.15) is 6.10 Å². The molecule has 0 radical (unpaired) electrons. The molecule has 4 fully saturated rings. The smallest absolute Gasteiger partial charge is 0.340 e. The number of esters is 1. The van der Waals surface area contributed by atoms with Crippen LogP contribution in [-0.4, -0.2) is 122 Å². The summed E-state index contributed by atoms with van der Waals surface area (Å²) in [6, 6.07) is 0.332. The number of Topliss-reactive ketones (excluding diaryl/α,β-unsaturated/α-hetero) is 1. The van der Waals surface area contributed by atoms with Crippen molar-refractivity contribution in [2.45, 2.75) is 94.8 Å². The number of cyclic esters (lactones) is 1. The quantitative estimate of drug-likeness (QED) is 0.0551. The van der Waals surface area contributed by atoms with Crippen LogP contribution in [0.1, 0.15) is 65.2 Å². The molecule has 8 atom stereocenters. The number of fused-ring (bicyclic) bond motifs is 5. The van der Waals surface area contributed by atoms with Gasteiger partial charge in [-0.3, -0.25) is 9.59 Å². The number of hydrogen-bond acceptors (Lipinski definition) is 12. The Morgan fingerprint density at radius 2 is 1.85 bits per heavy atom. The first-order valence-electron chi connectivity index (χ1n) is 18.6. The Hall–Kier alpha value is -3.11. The molecule has 3 saturated heterocycles. The molecule has 14 nitrogen and oxygen atoms in total. The SMILES string of the molecule is COC[C@H]1OC(=O)/C(=C\NCCOCCOCCNC(=O)CCCC[C@H]2SC[C@H]3NC(=O)N[C@H]32)C2=C(O)C(=O)C3=C(CC[C@@]4(C)C3CC[C@@H]4O)[C@]21C. The molecule has 3 heterocycles. The Kier molecular flexibility index (Phi) is 12.2. The van der Waals surface area contributed by atoms with Gasteiger partial charge in [0.2, 0.25) is 11.7 Å². The van der Waals surface area contributed by atoms with E-state index in [2.05, 4.69) is 21.3 Å².